The number of terminal acetylenes is 1. The monoisotopic (exact) mass is 264 g/mol. The molecule has 0 aromatic heterocycles. The van der Waals surface area contributed by atoms with Gasteiger partial charge in [0.15, 0.2) is 0 Å². The molecule has 0 unspecified atom stereocenters. The average molecular weight is 264 g/mol. The molecule has 2 saturated heterocycles. The lowest BCUT2D eigenvalue weighted by Gasteiger charge is -2.37. The summed E-state index contributed by atoms with van der Waals surface area (Å²) in [5.41, 5.74) is -0.833. The summed E-state index contributed by atoms with van der Waals surface area (Å²) < 4.78 is 0. The minimum absolute atomic E-state index is 0.0465. The lowest BCUT2D eigenvalue weighted by atomic mass is 9.88. The molecule has 4 amide bonds. The van der Waals surface area contributed by atoms with E-state index in [1.807, 2.05) is 0 Å². The van der Waals surface area contributed by atoms with Gasteiger partial charge in [-0.2, -0.15) is 0 Å². The van der Waals surface area contributed by atoms with Crippen molar-refractivity contribution in [1.82, 2.24) is 20.9 Å². The number of hydrogen-bond acceptors (Lipinski definition) is 4. The van der Waals surface area contributed by atoms with Gasteiger partial charge in [-0.25, -0.2) is 4.79 Å². The summed E-state index contributed by atoms with van der Waals surface area (Å²) in [7, 11) is 0. The van der Waals surface area contributed by atoms with Gasteiger partial charge in [0.05, 0.1) is 13.1 Å². The van der Waals surface area contributed by atoms with E-state index in [9.17, 15) is 14.4 Å². The predicted octanol–water partition coefficient (Wildman–Crippen LogP) is -1.59. The number of nitrogens with zero attached hydrogens (tertiary/aromatic N) is 1. The van der Waals surface area contributed by atoms with Crippen LogP contribution in [0, 0.1) is 12.3 Å². The molecule has 0 aromatic carbocycles. The van der Waals surface area contributed by atoms with E-state index in [4.69, 9.17) is 6.42 Å². The van der Waals surface area contributed by atoms with Crippen molar-refractivity contribution in [2.45, 2.75) is 18.4 Å². The molecule has 2 rings (SSSR count). The van der Waals surface area contributed by atoms with Crippen molar-refractivity contribution in [3.8, 4) is 12.3 Å². The first-order valence-corrected chi connectivity index (χ1v) is 6.13. The molecule has 3 N–H and O–H groups in total. The van der Waals surface area contributed by atoms with Crippen molar-refractivity contribution in [3.63, 3.8) is 0 Å². The molecule has 2 aliphatic heterocycles. The number of likely N-dealkylation sites (tertiary alicyclic amines) is 1. The molecular formula is C12H16N4O3. The van der Waals surface area contributed by atoms with E-state index in [1.165, 1.54) is 0 Å². The highest BCUT2D eigenvalue weighted by molar-refractivity contribution is 6.07. The maximum Gasteiger partial charge on any atom is 0.322 e. The molecule has 7 heteroatoms. The first-order chi connectivity index (χ1) is 9.07. The average Bonchev–Trinajstić information content (AvgIpc) is 2.65. The Kier molecular flexibility index (Phi) is 3.71. The molecule has 102 valence electrons. The number of amides is 4. The standard InChI is InChI=1S/C12H16N4O3/c1-2-5-13-8-9(17)16-6-3-12(4-7-16)10(18)14-11(19)15-12/h1,13H,3-8H2,(H2,14,15,18,19). The van der Waals surface area contributed by atoms with Gasteiger partial charge < -0.3 is 10.2 Å². The van der Waals surface area contributed by atoms with Crippen molar-refractivity contribution in [1.29, 1.82) is 0 Å². The van der Waals surface area contributed by atoms with Crippen LogP contribution in [0.4, 0.5) is 4.79 Å². The third kappa shape index (κ3) is 2.69. The summed E-state index contributed by atoms with van der Waals surface area (Å²) in [6.45, 7) is 1.44. The molecule has 0 radical (unpaired) electrons. The Bertz CT molecular complexity index is 446. The molecule has 0 aromatic rings. The molecule has 7 nitrogen and oxygen atoms in total. The smallest absolute Gasteiger partial charge is 0.322 e. The van der Waals surface area contributed by atoms with Crippen LogP contribution in [0.1, 0.15) is 12.8 Å². The summed E-state index contributed by atoms with van der Waals surface area (Å²) in [5.74, 6) is 2.05. The lowest BCUT2D eigenvalue weighted by molar-refractivity contribution is -0.135. The van der Waals surface area contributed by atoms with Crippen LogP contribution in [0.25, 0.3) is 0 Å². The van der Waals surface area contributed by atoms with Gasteiger partial charge in [-0.1, -0.05) is 5.92 Å². The third-order valence-electron chi connectivity index (χ3n) is 3.49. The van der Waals surface area contributed by atoms with Crippen molar-refractivity contribution in [3.05, 3.63) is 0 Å². The minimum Gasteiger partial charge on any atom is -0.341 e. The largest absolute Gasteiger partial charge is 0.341 e. The number of carbonyl (C=O) groups is 3. The molecule has 2 fully saturated rings. The first-order valence-electron chi connectivity index (χ1n) is 6.13. The number of hydrogen-bond donors (Lipinski definition) is 3. The Morgan fingerprint density at radius 2 is 2.11 bits per heavy atom. The minimum atomic E-state index is -0.833. The van der Waals surface area contributed by atoms with E-state index >= 15 is 0 Å². The maximum atomic E-state index is 11.8. The lowest BCUT2D eigenvalue weighted by Crippen LogP contribution is -2.56. The maximum absolute atomic E-state index is 11.8. The second-order valence-electron chi connectivity index (χ2n) is 4.68. The Morgan fingerprint density at radius 1 is 1.42 bits per heavy atom. The van der Waals surface area contributed by atoms with Gasteiger partial charge in [0.25, 0.3) is 5.91 Å². The number of carbonyl (C=O) groups excluding carboxylic acids is 3. The van der Waals surface area contributed by atoms with E-state index in [0.717, 1.165) is 0 Å². The summed E-state index contributed by atoms with van der Waals surface area (Å²) >= 11 is 0. The van der Waals surface area contributed by atoms with Crippen LogP contribution in [-0.2, 0) is 9.59 Å². The van der Waals surface area contributed by atoms with Gasteiger partial charge in [0.1, 0.15) is 5.54 Å². The van der Waals surface area contributed by atoms with Gasteiger partial charge in [0, 0.05) is 13.1 Å². The topological polar surface area (TPSA) is 90.5 Å². The molecule has 0 atom stereocenters. The number of rotatable bonds is 3. The van der Waals surface area contributed by atoms with Crippen molar-refractivity contribution >= 4 is 17.8 Å². The molecular weight excluding hydrogens is 248 g/mol. The van der Waals surface area contributed by atoms with Gasteiger partial charge in [-0.3, -0.25) is 20.2 Å². The fourth-order valence-electron chi connectivity index (χ4n) is 2.37. The van der Waals surface area contributed by atoms with Gasteiger partial charge in [0.2, 0.25) is 5.91 Å². The first kappa shape index (κ1) is 13.4. The number of nitrogens with one attached hydrogen (secondary N) is 3. The van der Waals surface area contributed by atoms with Crippen LogP contribution in [0.3, 0.4) is 0 Å². The number of urea groups is 1. The Morgan fingerprint density at radius 3 is 2.63 bits per heavy atom. The van der Waals surface area contributed by atoms with Gasteiger partial charge >= 0.3 is 6.03 Å². The second-order valence-corrected chi connectivity index (χ2v) is 4.68. The third-order valence-corrected chi connectivity index (χ3v) is 3.49. The molecule has 19 heavy (non-hydrogen) atoms. The Hall–Kier alpha value is -2.07. The summed E-state index contributed by atoms with van der Waals surface area (Å²) in [6, 6.07) is -0.458. The van der Waals surface area contributed by atoms with E-state index in [-0.39, 0.29) is 18.4 Å². The zero-order chi connectivity index (χ0) is 13.9. The van der Waals surface area contributed by atoms with E-state index in [2.05, 4.69) is 21.9 Å². The highest BCUT2D eigenvalue weighted by Gasteiger charge is 2.48. The Balaban J connectivity index is 1.86. The fourth-order valence-corrected chi connectivity index (χ4v) is 2.37. The molecule has 0 saturated carbocycles. The highest BCUT2D eigenvalue weighted by Crippen LogP contribution is 2.25. The van der Waals surface area contributed by atoms with Crippen molar-refractivity contribution in [2.24, 2.45) is 0 Å². The summed E-state index contributed by atoms with van der Waals surface area (Å²) in [4.78, 5) is 36.4. The van der Waals surface area contributed by atoms with Crippen molar-refractivity contribution < 1.29 is 14.4 Å². The normalized spacial score (nSPS) is 20.9. The van der Waals surface area contributed by atoms with Crippen LogP contribution < -0.4 is 16.0 Å². The fraction of sp³-hybridized carbons (Fsp3) is 0.583. The van der Waals surface area contributed by atoms with Crippen LogP contribution in [0.15, 0.2) is 0 Å². The van der Waals surface area contributed by atoms with Gasteiger partial charge in [-0.05, 0) is 12.8 Å². The Labute approximate surface area is 111 Å². The van der Waals surface area contributed by atoms with Crippen LogP contribution in [-0.4, -0.2) is 54.5 Å². The molecule has 1 spiro atoms. The van der Waals surface area contributed by atoms with E-state index < -0.39 is 11.6 Å². The summed E-state index contributed by atoms with van der Waals surface area (Å²) in [5, 5.41) is 7.72. The van der Waals surface area contributed by atoms with Gasteiger partial charge in [-0.15, -0.1) is 6.42 Å². The van der Waals surface area contributed by atoms with E-state index in [1.54, 1.807) is 4.90 Å². The quantitative estimate of drug-likeness (QED) is 0.326. The second kappa shape index (κ2) is 5.28. The molecule has 2 heterocycles. The number of piperidine rings is 1. The van der Waals surface area contributed by atoms with Crippen LogP contribution >= 0.6 is 0 Å². The summed E-state index contributed by atoms with van der Waals surface area (Å²) in [6.07, 6.45) is 5.95. The van der Waals surface area contributed by atoms with Crippen molar-refractivity contribution in [2.75, 3.05) is 26.2 Å². The molecule has 0 aliphatic carbocycles. The predicted molar refractivity (Wildman–Crippen MR) is 66.9 cm³/mol. The molecule has 0 bridgehead atoms. The SMILES string of the molecule is C#CCNCC(=O)N1CCC2(CC1)NC(=O)NC2=O. The number of imide groups is 1. The van der Waals surface area contributed by atoms with Crippen LogP contribution in [0.5, 0.6) is 0 Å². The van der Waals surface area contributed by atoms with E-state index in [0.29, 0.717) is 32.5 Å². The zero-order valence-electron chi connectivity index (χ0n) is 10.5. The zero-order valence-corrected chi connectivity index (χ0v) is 10.5. The highest BCUT2D eigenvalue weighted by atomic mass is 16.2. The van der Waals surface area contributed by atoms with Crippen LogP contribution in [0.2, 0.25) is 0 Å². The molecule has 2 aliphatic rings.